The van der Waals surface area contributed by atoms with Crippen LogP contribution in [0.15, 0.2) is 48.5 Å². The van der Waals surface area contributed by atoms with Gasteiger partial charge >= 0.3 is 12.1 Å². The summed E-state index contributed by atoms with van der Waals surface area (Å²) in [4.78, 5) is 25.9. The predicted molar refractivity (Wildman–Crippen MR) is 117 cm³/mol. The van der Waals surface area contributed by atoms with E-state index in [2.05, 4.69) is 0 Å². The molecule has 0 unspecified atom stereocenters. The first-order valence-corrected chi connectivity index (χ1v) is 10.5. The summed E-state index contributed by atoms with van der Waals surface area (Å²) in [5.74, 6) is 0.894. The third-order valence-corrected chi connectivity index (χ3v) is 5.43. The van der Waals surface area contributed by atoms with Crippen LogP contribution in [0, 0.1) is 5.92 Å². The second kappa shape index (κ2) is 11.3. The Morgan fingerprint density at radius 1 is 0.906 bits per heavy atom. The molecule has 0 aliphatic carbocycles. The third kappa shape index (κ3) is 5.63. The van der Waals surface area contributed by atoms with Gasteiger partial charge in [-0.25, -0.2) is 4.79 Å². The Labute approximate surface area is 188 Å². The standard InChI is InChI=1S/C24H29NO7/c1-28-21-11-10-17(19-15-25(24(27)30-3)16-20(19)23(26)29-2)14-22(21)32-13-7-12-31-18-8-5-4-6-9-18/h4-6,8-11,14,19-20H,7,12-13,15-16H2,1-3H3/t19-,20+/m0/s1. The number of methoxy groups -OCH3 is 3. The molecular weight excluding hydrogens is 414 g/mol. The minimum absolute atomic E-state index is 0.239. The Kier molecular flexibility index (Phi) is 8.19. The van der Waals surface area contributed by atoms with Crippen molar-refractivity contribution in [2.45, 2.75) is 12.3 Å². The molecule has 1 amide bonds. The van der Waals surface area contributed by atoms with Crippen LogP contribution in [0.2, 0.25) is 0 Å². The molecule has 8 nitrogen and oxygen atoms in total. The first-order chi connectivity index (χ1) is 15.6. The molecule has 0 saturated carbocycles. The van der Waals surface area contributed by atoms with Crippen molar-refractivity contribution in [3.8, 4) is 17.2 Å². The first-order valence-electron chi connectivity index (χ1n) is 10.5. The second-order valence-electron chi connectivity index (χ2n) is 7.38. The van der Waals surface area contributed by atoms with Gasteiger partial charge in [0, 0.05) is 25.4 Å². The molecule has 1 saturated heterocycles. The molecule has 2 aromatic rings. The van der Waals surface area contributed by atoms with Crippen LogP contribution in [0.5, 0.6) is 17.2 Å². The number of hydrogen-bond acceptors (Lipinski definition) is 7. The molecule has 172 valence electrons. The largest absolute Gasteiger partial charge is 0.493 e. The van der Waals surface area contributed by atoms with Crippen LogP contribution in [-0.4, -0.2) is 64.6 Å². The molecule has 2 aromatic carbocycles. The van der Waals surface area contributed by atoms with Crippen LogP contribution >= 0.6 is 0 Å². The lowest BCUT2D eigenvalue weighted by molar-refractivity contribution is -0.145. The highest BCUT2D eigenvalue weighted by atomic mass is 16.5. The minimum Gasteiger partial charge on any atom is -0.493 e. The molecule has 0 spiro atoms. The number of esters is 1. The monoisotopic (exact) mass is 443 g/mol. The first kappa shape index (κ1) is 23.2. The van der Waals surface area contributed by atoms with Gasteiger partial charge in [-0.15, -0.1) is 0 Å². The van der Waals surface area contributed by atoms with Gasteiger partial charge in [0.05, 0.1) is 40.5 Å². The molecule has 0 aromatic heterocycles. The number of benzene rings is 2. The number of carbonyl (C=O) groups is 2. The van der Waals surface area contributed by atoms with Crippen molar-refractivity contribution >= 4 is 12.1 Å². The number of carbonyl (C=O) groups excluding carboxylic acids is 2. The van der Waals surface area contributed by atoms with Crippen molar-refractivity contribution in [2.24, 2.45) is 5.92 Å². The molecule has 1 aliphatic rings. The zero-order valence-electron chi connectivity index (χ0n) is 18.6. The summed E-state index contributed by atoms with van der Waals surface area (Å²) in [6.45, 7) is 1.55. The van der Waals surface area contributed by atoms with Gasteiger partial charge in [-0.05, 0) is 29.8 Å². The molecule has 8 heteroatoms. The van der Waals surface area contributed by atoms with Crippen LogP contribution in [0.3, 0.4) is 0 Å². The van der Waals surface area contributed by atoms with Gasteiger partial charge in [-0.2, -0.15) is 0 Å². The van der Waals surface area contributed by atoms with E-state index in [1.54, 1.807) is 13.2 Å². The Hall–Kier alpha value is -3.42. The van der Waals surface area contributed by atoms with E-state index in [-0.39, 0.29) is 18.4 Å². The molecule has 0 N–H and O–H groups in total. The molecule has 3 rings (SSSR count). The maximum absolute atomic E-state index is 12.4. The van der Waals surface area contributed by atoms with Crippen molar-refractivity contribution < 1.29 is 33.3 Å². The Morgan fingerprint density at radius 2 is 1.66 bits per heavy atom. The van der Waals surface area contributed by atoms with E-state index in [1.165, 1.54) is 19.1 Å². The van der Waals surface area contributed by atoms with Crippen molar-refractivity contribution in [1.29, 1.82) is 0 Å². The Bertz CT molecular complexity index is 902. The number of nitrogens with zero attached hydrogens (tertiary/aromatic N) is 1. The molecule has 1 fully saturated rings. The lowest BCUT2D eigenvalue weighted by atomic mass is 9.89. The van der Waals surface area contributed by atoms with Gasteiger partial charge in [-0.3, -0.25) is 4.79 Å². The summed E-state index contributed by atoms with van der Waals surface area (Å²) < 4.78 is 26.9. The summed E-state index contributed by atoms with van der Waals surface area (Å²) in [6.07, 6.45) is 0.219. The number of amides is 1. The number of hydrogen-bond donors (Lipinski definition) is 0. The van der Waals surface area contributed by atoms with Crippen molar-refractivity contribution in [1.82, 2.24) is 4.90 Å². The highest BCUT2D eigenvalue weighted by Gasteiger charge is 2.41. The minimum atomic E-state index is -0.486. The van der Waals surface area contributed by atoms with E-state index in [4.69, 9.17) is 23.7 Å². The molecule has 0 bridgehead atoms. The number of rotatable bonds is 9. The van der Waals surface area contributed by atoms with Gasteiger partial charge < -0.3 is 28.6 Å². The lowest BCUT2D eigenvalue weighted by Crippen LogP contribution is -2.29. The van der Waals surface area contributed by atoms with Crippen LogP contribution < -0.4 is 14.2 Å². The summed E-state index contributed by atoms with van der Waals surface area (Å²) in [7, 11) is 4.25. The second-order valence-corrected chi connectivity index (χ2v) is 7.38. The SMILES string of the molecule is COC(=O)[C@@H]1CN(C(=O)OC)C[C@H]1c1ccc(OC)c(OCCCOc2ccccc2)c1. The average Bonchev–Trinajstić information content (AvgIpc) is 3.29. The molecule has 1 heterocycles. The van der Waals surface area contributed by atoms with Crippen LogP contribution in [-0.2, 0) is 14.3 Å². The van der Waals surface area contributed by atoms with E-state index >= 15 is 0 Å². The van der Waals surface area contributed by atoms with Crippen molar-refractivity contribution in [3.63, 3.8) is 0 Å². The molecule has 2 atom stereocenters. The maximum Gasteiger partial charge on any atom is 0.409 e. The van der Waals surface area contributed by atoms with E-state index in [0.29, 0.717) is 37.7 Å². The Balaban J connectivity index is 1.67. The van der Waals surface area contributed by atoms with Gasteiger partial charge in [0.15, 0.2) is 11.5 Å². The third-order valence-electron chi connectivity index (χ3n) is 5.43. The van der Waals surface area contributed by atoms with E-state index in [1.807, 2.05) is 42.5 Å². The van der Waals surface area contributed by atoms with Crippen LogP contribution in [0.1, 0.15) is 17.9 Å². The summed E-state index contributed by atoms with van der Waals surface area (Å²) in [5, 5.41) is 0. The van der Waals surface area contributed by atoms with E-state index in [0.717, 1.165) is 11.3 Å². The van der Waals surface area contributed by atoms with Gasteiger partial charge in [0.25, 0.3) is 0 Å². The highest BCUT2D eigenvalue weighted by Crippen LogP contribution is 2.38. The Morgan fingerprint density at radius 3 is 2.34 bits per heavy atom. The van der Waals surface area contributed by atoms with Crippen LogP contribution in [0.4, 0.5) is 4.79 Å². The van der Waals surface area contributed by atoms with Crippen molar-refractivity contribution in [3.05, 3.63) is 54.1 Å². The predicted octanol–water partition coefficient (Wildman–Crippen LogP) is 3.50. The van der Waals surface area contributed by atoms with E-state index in [9.17, 15) is 9.59 Å². The quantitative estimate of drug-likeness (QED) is 0.433. The number of likely N-dealkylation sites (tertiary alicyclic amines) is 1. The molecule has 1 aliphatic heterocycles. The zero-order chi connectivity index (χ0) is 22.9. The van der Waals surface area contributed by atoms with Gasteiger partial charge in [0.1, 0.15) is 5.75 Å². The molecular formula is C24H29NO7. The van der Waals surface area contributed by atoms with Gasteiger partial charge in [0.2, 0.25) is 0 Å². The fourth-order valence-corrected chi connectivity index (χ4v) is 3.79. The fraction of sp³-hybridized carbons (Fsp3) is 0.417. The van der Waals surface area contributed by atoms with E-state index < -0.39 is 12.0 Å². The lowest BCUT2D eigenvalue weighted by Gasteiger charge is -2.19. The number of para-hydroxylation sites is 1. The summed E-state index contributed by atoms with van der Waals surface area (Å²) >= 11 is 0. The normalized spacial score (nSPS) is 17.5. The topological polar surface area (TPSA) is 83.5 Å². The molecule has 32 heavy (non-hydrogen) atoms. The average molecular weight is 443 g/mol. The summed E-state index contributed by atoms with van der Waals surface area (Å²) in [6, 6.07) is 15.1. The zero-order valence-corrected chi connectivity index (χ0v) is 18.6. The molecule has 0 radical (unpaired) electrons. The summed E-state index contributed by atoms with van der Waals surface area (Å²) in [5.41, 5.74) is 0.864. The van der Waals surface area contributed by atoms with Crippen molar-refractivity contribution in [2.75, 3.05) is 47.6 Å². The van der Waals surface area contributed by atoms with Gasteiger partial charge in [-0.1, -0.05) is 24.3 Å². The maximum atomic E-state index is 12.4. The highest BCUT2D eigenvalue weighted by molar-refractivity contribution is 5.77. The van der Waals surface area contributed by atoms with Crippen LogP contribution in [0.25, 0.3) is 0 Å². The number of ether oxygens (including phenoxy) is 5. The smallest absolute Gasteiger partial charge is 0.409 e. The fourth-order valence-electron chi connectivity index (χ4n) is 3.79.